The monoisotopic (exact) mass is 260 g/mol. The number of hydrogen-bond acceptors (Lipinski definition) is 4. The van der Waals surface area contributed by atoms with Crippen molar-refractivity contribution in [3.05, 3.63) is 63.2 Å². The molecule has 1 aromatic carbocycles. The Kier molecular flexibility index (Phi) is 4.02. The highest BCUT2D eigenvalue weighted by atomic mass is 16.5. The maximum Gasteiger partial charge on any atom is 0.227 e. The third-order valence-corrected chi connectivity index (χ3v) is 2.68. The summed E-state index contributed by atoms with van der Waals surface area (Å²) in [4.78, 5) is 11.7. The maximum atomic E-state index is 11.7. The van der Waals surface area contributed by atoms with Gasteiger partial charge in [-0.05, 0) is 19.4 Å². The lowest BCUT2D eigenvalue weighted by molar-refractivity contribution is 0.236. The molecule has 0 atom stereocenters. The Bertz CT molecular complexity index is 608. The number of aliphatic hydroxyl groups is 1. The van der Waals surface area contributed by atoms with Gasteiger partial charge >= 0.3 is 0 Å². The summed E-state index contributed by atoms with van der Waals surface area (Å²) < 4.78 is 10.5. The molecule has 1 aromatic heterocycles. The fourth-order valence-electron chi connectivity index (χ4n) is 1.94. The summed E-state index contributed by atoms with van der Waals surface area (Å²) in [5.74, 6) is 0.375. The van der Waals surface area contributed by atoms with E-state index in [4.69, 9.17) is 14.3 Å². The van der Waals surface area contributed by atoms with Crippen LogP contribution in [0.4, 0.5) is 0 Å². The smallest absolute Gasteiger partial charge is 0.227 e. The van der Waals surface area contributed by atoms with E-state index in [1.165, 1.54) is 12.3 Å². The molecule has 4 heteroatoms. The zero-order chi connectivity index (χ0) is 13.8. The summed E-state index contributed by atoms with van der Waals surface area (Å²) in [6, 6.07) is 7.33. The maximum absolute atomic E-state index is 11.7. The third kappa shape index (κ3) is 3.45. The molecule has 0 bridgehead atoms. The molecule has 2 aromatic rings. The molecule has 0 unspecified atom stereocenters. The number of ether oxygens (including phenoxy) is 1. The van der Waals surface area contributed by atoms with Gasteiger partial charge < -0.3 is 14.3 Å². The molecule has 0 aliphatic rings. The van der Waals surface area contributed by atoms with Crippen LogP contribution in [-0.4, -0.2) is 5.11 Å². The number of hydrogen-bond donors (Lipinski definition) is 1. The minimum atomic E-state index is -0.299. The standard InChI is InChI=1S/C15H16O4/c1-10-3-11(2)5-12(4-10)8-19-15-9-18-13(7-16)6-14(15)17/h3-6,9,16H,7-8H2,1-2H3. The fraction of sp³-hybridized carbons (Fsp3) is 0.267. The highest BCUT2D eigenvalue weighted by Gasteiger charge is 2.05. The summed E-state index contributed by atoms with van der Waals surface area (Å²) >= 11 is 0. The molecule has 0 amide bonds. The van der Waals surface area contributed by atoms with Gasteiger partial charge in [0.1, 0.15) is 25.2 Å². The van der Waals surface area contributed by atoms with Gasteiger partial charge in [0.25, 0.3) is 0 Å². The fourth-order valence-corrected chi connectivity index (χ4v) is 1.94. The predicted octanol–water partition coefficient (Wildman–Crippen LogP) is 2.33. The van der Waals surface area contributed by atoms with Crippen LogP contribution in [0.15, 0.2) is 39.7 Å². The number of benzene rings is 1. The van der Waals surface area contributed by atoms with Gasteiger partial charge in [0.15, 0.2) is 0 Å². The van der Waals surface area contributed by atoms with E-state index in [2.05, 4.69) is 6.07 Å². The van der Waals surface area contributed by atoms with Crippen LogP contribution < -0.4 is 10.2 Å². The molecule has 1 heterocycles. The second-order valence-corrected chi connectivity index (χ2v) is 4.52. The van der Waals surface area contributed by atoms with Gasteiger partial charge in [0.05, 0.1) is 0 Å². The normalized spacial score (nSPS) is 10.5. The van der Waals surface area contributed by atoms with Crippen LogP contribution in [-0.2, 0) is 13.2 Å². The van der Waals surface area contributed by atoms with Crippen LogP contribution in [0.5, 0.6) is 5.75 Å². The third-order valence-electron chi connectivity index (χ3n) is 2.68. The number of aliphatic hydroxyl groups excluding tert-OH is 1. The molecule has 0 saturated heterocycles. The van der Waals surface area contributed by atoms with E-state index in [1.807, 2.05) is 26.0 Å². The second kappa shape index (κ2) is 5.71. The molecule has 0 aliphatic carbocycles. The Morgan fingerprint density at radius 1 is 1.16 bits per heavy atom. The lowest BCUT2D eigenvalue weighted by Crippen LogP contribution is -2.08. The first-order chi connectivity index (χ1) is 9.08. The topological polar surface area (TPSA) is 59.7 Å². The van der Waals surface area contributed by atoms with E-state index >= 15 is 0 Å². The van der Waals surface area contributed by atoms with E-state index in [9.17, 15) is 4.79 Å². The quantitative estimate of drug-likeness (QED) is 0.916. The summed E-state index contributed by atoms with van der Waals surface area (Å²) in [6.45, 7) is 4.04. The molecule has 1 N–H and O–H groups in total. The van der Waals surface area contributed by atoms with Gasteiger partial charge in [-0.1, -0.05) is 29.3 Å². The molecule has 19 heavy (non-hydrogen) atoms. The first kappa shape index (κ1) is 13.4. The molecular formula is C15H16O4. The van der Waals surface area contributed by atoms with Gasteiger partial charge in [-0.2, -0.15) is 0 Å². The van der Waals surface area contributed by atoms with Crippen molar-refractivity contribution in [2.75, 3.05) is 0 Å². The van der Waals surface area contributed by atoms with Gasteiger partial charge in [-0.25, -0.2) is 0 Å². The van der Waals surface area contributed by atoms with Crippen molar-refractivity contribution in [1.82, 2.24) is 0 Å². The molecule has 4 nitrogen and oxygen atoms in total. The molecule has 0 spiro atoms. The minimum absolute atomic E-state index is 0.149. The Labute approximate surface area is 111 Å². The summed E-state index contributed by atoms with van der Waals surface area (Å²) in [5, 5.41) is 8.85. The SMILES string of the molecule is Cc1cc(C)cc(COc2coc(CO)cc2=O)c1. The minimum Gasteiger partial charge on any atom is -0.482 e. The Balaban J connectivity index is 2.12. The van der Waals surface area contributed by atoms with Crippen molar-refractivity contribution in [2.45, 2.75) is 27.1 Å². The largest absolute Gasteiger partial charge is 0.482 e. The lowest BCUT2D eigenvalue weighted by atomic mass is 10.1. The second-order valence-electron chi connectivity index (χ2n) is 4.52. The van der Waals surface area contributed by atoms with E-state index < -0.39 is 0 Å². The molecule has 0 saturated carbocycles. The summed E-state index contributed by atoms with van der Waals surface area (Å²) in [5.41, 5.74) is 3.02. The van der Waals surface area contributed by atoms with Gasteiger partial charge in [-0.3, -0.25) is 4.79 Å². The predicted molar refractivity (Wildman–Crippen MR) is 71.1 cm³/mol. The average molecular weight is 260 g/mol. The lowest BCUT2D eigenvalue weighted by Gasteiger charge is -2.07. The van der Waals surface area contributed by atoms with Crippen molar-refractivity contribution >= 4 is 0 Å². The molecule has 100 valence electrons. The van der Waals surface area contributed by atoms with Crippen LogP contribution in [0, 0.1) is 13.8 Å². The van der Waals surface area contributed by atoms with Gasteiger partial charge in [-0.15, -0.1) is 0 Å². The number of rotatable bonds is 4. The average Bonchev–Trinajstić information content (AvgIpc) is 2.36. The van der Waals surface area contributed by atoms with Crippen molar-refractivity contribution < 1.29 is 14.3 Å². The van der Waals surface area contributed by atoms with Crippen molar-refractivity contribution in [2.24, 2.45) is 0 Å². The van der Waals surface area contributed by atoms with Crippen LogP contribution >= 0.6 is 0 Å². The first-order valence-corrected chi connectivity index (χ1v) is 6.01. The van der Waals surface area contributed by atoms with Gasteiger partial charge in [0.2, 0.25) is 11.2 Å². The van der Waals surface area contributed by atoms with Crippen molar-refractivity contribution in [3.63, 3.8) is 0 Å². The Morgan fingerprint density at radius 3 is 2.42 bits per heavy atom. The van der Waals surface area contributed by atoms with E-state index in [0.29, 0.717) is 6.61 Å². The molecule has 0 radical (unpaired) electrons. The number of aryl methyl sites for hydroxylation is 2. The van der Waals surface area contributed by atoms with Crippen LogP contribution in [0.2, 0.25) is 0 Å². The van der Waals surface area contributed by atoms with Crippen molar-refractivity contribution in [1.29, 1.82) is 0 Å². The zero-order valence-corrected chi connectivity index (χ0v) is 11.0. The molecule has 0 aliphatic heterocycles. The van der Waals surface area contributed by atoms with E-state index in [1.54, 1.807) is 0 Å². The van der Waals surface area contributed by atoms with Crippen LogP contribution in [0.3, 0.4) is 0 Å². The zero-order valence-electron chi connectivity index (χ0n) is 11.0. The molecule has 0 fully saturated rings. The van der Waals surface area contributed by atoms with Gasteiger partial charge in [0, 0.05) is 6.07 Å². The Hall–Kier alpha value is -2.07. The van der Waals surface area contributed by atoms with E-state index in [-0.39, 0.29) is 23.5 Å². The summed E-state index contributed by atoms with van der Waals surface area (Å²) in [7, 11) is 0. The molecule has 2 rings (SSSR count). The first-order valence-electron chi connectivity index (χ1n) is 6.01. The Morgan fingerprint density at radius 2 is 1.84 bits per heavy atom. The van der Waals surface area contributed by atoms with Crippen LogP contribution in [0.1, 0.15) is 22.5 Å². The van der Waals surface area contributed by atoms with Crippen molar-refractivity contribution in [3.8, 4) is 5.75 Å². The summed E-state index contributed by atoms with van der Waals surface area (Å²) in [6.07, 6.45) is 1.23. The highest BCUT2D eigenvalue weighted by Crippen LogP contribution is 2.12. The van der Waals surface area contributed by atoms with Crippen LogP contribution in [0.25, 0.3) is 0 Å². The molecular weight excluding hydrogens is 244 g/mol. The highest BCUT2D eigenvalue weighted by molar-refractivity contribution is 5.28. The van der Waals surface area contributed by atoms with E-state index in [0.717, 1.165) is 16.7 Å².